The van der Waals surface area contributed by atoms with Gasteiger partial charge in [0.05, 0.1) is 39.4 Å². The Kier molecular flexibility index (Phi) is 26.8. The van der Waals surface area contributed by atoms with E-state index >= 15 is 0 Å². The van der Waals surface area contributed by atoms with Crippen molar-refractivity contribution in [2.45, 2.75) is 130 Å². The number of benzene rings is 5. The number of carbonyl (C=O) groups excluding carboxylic acids is 10. The van der Waals surface area contributed by atoms with Crippen LogP contribution >= 0.6 is 27.7 Å². The molecule has 6 aliphatic rings. The Hall–Kier alpha value is -9.21. The monoisotopic (exact) mass is 1450 g/mol. The van der Waals surface area contributed by atoms with Crippen LogP contribution in [0.3, 0.4) is 0 Å². The Morgan fingerprint density at radius 3 is 1.33 bits per heavy atom. The molecule has 2 aliphatic carbocycles. The van der Waals surface area contributed by atoms with Crippen molar-refractivity contribution in [2.24, 2.45) is 23.7 Å². The molecule has 21 heteroatoms. The first-order valence-electron chi connectivity index (χ1n) is 35.2. The molecule has 11 rings (SSSR count). The van der Waals surface area contributed by atoms with Crippen molar-refractivity contribution >= 4 is 86.8 Å². The number of allylic oxidation sites excluding steroid dienone is 8. The van der Waals surface area contributed by atoms with Gasteiger partial charge in [0, 0.05) is 58.9 Å². The first kappa shape index (κ1) is 74.5. The van der Waals surface area contributed by atoms with E-state index in [4.69, 9.17) is 4.74 Å². The molecule has 4 aliphatic heterocycles. The molecule has 19 nitrogen and oxygen atoms in total. The highest BCUT2D eigenvalue weighted by Crippen LogP contribution is 2.36. The summed E-state index contributed by atoms with van der Waals surface area (Å²) >= 11 is 5.02. The summed E-state index contributed by atoms with van der Waals surface area (Å²) < 4.78 is 5.32. The lowest BCUT2D eigenvalue weighted by Gasteiger charge is -2.32. The Labute approximate surface area is 604 Å². The third-order valence-electron chi connectivity index (χ3n) is 20.1. The number of thioether (sulfide) groups is 1. The number of hydrogen-bond donors (Lipinski definition) is 4. The SMILES string of the molecule is CNC(=O)[C@H](Cc1ccccc1)N1CC[C@@H](C2C=CC=CC2)C[C@H](NC(=O)C(Br)CCCCN2C(=O)c3ccccc3C2=O)C1=O.CNC(=O)[C@H](Cc1ccccc1)N1CC[C@@H](C2C=CC=CC2)C[C@H](NC(=O)C(CCCCN2C(=O)c3ccccc3C2=O)SCc2ccc(OC)cc2)C1=O. The van der Waals surface area contributed by atoms with Crippen LogP contribution in [-0.4, -0.2) is 160 Å². The van der Waals surface area contributed by atoms with E-state index in [0.717, 1.165) is 41.7 Å². The van der Waals surface area contributed by atoms with Crippen LogP contribution in [0.15, 0.2) is 182 Å². The maximum Gasteiger partial charge on any atom is 0.261 e. The van der Waals surface area contributed by atoms with Gasteiger partial charge in [-0.25, -0.2) is 0 Å². The van der Waals surface area contributed by atoms with E-state index in [1.54, 1.807) is 79.5 Å². The number of rotatable bonds is 28. The van der Waals surface area contributed by atoms with Gasteiger partial charge in [-0.2, -0.15) is 0 Å². The third-order valence-corrected chi connectivity index (χ3v) is 22.3. The van der Waals surface area contributed by atoms with Gasteiger partial charge < -0.3 is 35.8 Å². The molecule has 0 aromatic heterocycles. The lowest BCUT2D eigenvalue weighted by molar-refractivity contribution is -0.142. The maximum atomic E-state index is 14.6. The van der Waals surface area contributed by atoms with E-state index in [-0.39, 0.29) is 95.8 Å². The van der Waals surface area contributed by atoms with Crippen LogP contribution in [0.5, 0.6) is 5.75 Å². The van der Waals surface area contributed by atoms with Crippen molar-refractivity contribution in [3.05, 3.63) is 221 Å². The largest absolute Gasteiger partial charge is 0.497 e. The van der Waals surface area contributed by atoms with E-state index in [2.05, 4.69) is 61.5 Å². The van der Waals surface area contributed by atoms with Crippen molar-refractivity contribution in [1.82, 2.24) is 40.9 Å². The Bertz CT molecular complexity index is 3830. The number of likely N-dealkylation sites (tertiary alicyclic amines) is 2. The number of carbonyl (C=O) groups is 10. The third kappa shape index (κ3) is 19.1. The zero-order valence-corrected chi connectivity index (χ0v) is 60.0. The van der Waals surface area contributed by atoms with Gasteiger partial charge in [0.1, 0.15) is 29.9 Å². The molecule has 101 heavy (non-hydrogen) atoms. The van der Waals surface area contributed by atoms with Crippen LogP contribution in [0.25, 0.3) is 0 Å². The van der Waals surface area contributed by atoms with Crippen LogP contribution in [0.1, 0.15) is 135 Å². The Morgan fingerprint density at radius 2 is 0.921 bits per heavy atom. The topological polar surface area (TPSA) is 241 Å². The molecular formula is C80H91BrN8O11S. The van der Waals surface area contributed by atoms with Crippen molar-refractivity contribution < 1.29 is 52.7 Å². The number of halogens is 1. The number of hydrogen-bond acceptors (Lipinski definition) is 12. The number of nitrogens with one attached hydrogen (secondary N) is 4. The second-order valence-corrected chi connectivity index (χ2v) is 28.8. The number of likely N-dealkylation sites (N-methyl/N-ethyl adjacent to an activating group) is 2. The fourth-order valence-corrected chi connectivity index (χ4v) is 16.0. The number of nitrogens with zero attached hydrogens (tertiary/aromatic N) is 4. The summed E-state index contributed by atoms with van der Waals surface area (Å²) in [4.78, 5) is 140. The summed E-state index contributed by atoms with van der Waals surface area (Å²) in [6.07, 6.45) is 24.8. The molecule has 4 N–H and O–H groups in total. The molecule has 10 atom stereocenters. The zero-order chi connectivity index (χ0) is 71.4. The minimum absolute atomic E-state index is 0.118. The van der Waals surface area contributed by atoms with Crippen molar-refractivity contribution in [2.75, 3.05) is 47.4 Å². The van der Waals surface area contributed by atoms with E-state index in [0.29, 0.717) is 112 Å². The second kappa shape index (κ2) is 36.4. The summed E-state index contributed by atoms with van der Waals surface area (Å²) in [6, 6.07) is 37.7. The minimum Gasteiger partial charge on any atom is -0.497 e. The van der Waals surface area contributed by atoms with Crippen LogP contribution in [0.4, 0.5) is 0 Å². The van der Waals surface area contributed by atoms with Gasteiger partial charge >= 0.3 is 0 Å². The van der Waals surface area contributed by atoms with Crippen LogP contribution in [0.2, 0.25) is 0 Å². The highest BCUT2D eigenvalue weighted by atomic mass is 79.9. The summed E-state index contributed by atoms with van der Waals surface area (Å²) in [5.41, 5.74) is 4.61. The quantitative estimate of drug-likeness (QED) is 0.0208. The second-order valence-electron chi connectivity index (χ2n) is 26.5. The molecule has 0 spiro atoms. The Morgan fingerprint density at radius 1 is 0.505 bits per heavy atom. The number of imide groups is 2. The average Bonchev–Trinajstić information content (AvgIpc) is 1.68. The molecule has 0 radical (unpaired) electrons. The molecule has 0 saturated carbocycles. The molecular weight excluding hydrogens is 1360 g/mol. The molecule has 10 amide bonds. The molecule has 5 aromatic carbocycles. The fourth-order valence-electron chi connectivity index (χ4n) is 14.5. The smallest absolute Gasteiger partial charge is 0.261 e. The van der Waals surface area contributed by atoms with Crippen molar-refractivity contribution in [3.63, 3.8) is 0 Å². The van der Waals surface area contributed by atoms with Gasteiger partial charge in [0.2, 0.25) is 35.4 Å². The summed E-state index contributed by atoms with van der Waals surface area (Å²) in [7, 11) is 4.78. The molecule has 2 fully saturated rings. The standard InChI is InChI=1S/C44H50N4O6S.C36H41BrN4O5/c1-45-40(49)38(27-30-13-5-3-6-14-30)47-26-24-33(32-15-7-4-8-16-32)28-37(44(47)53)46-41(50)39(55-29-31-20-22-34(54-2)23-21-31)19-11-12-25-48-42(51)35-17-9-10-18-36(35)43(48)52;1-38-33(43)31(22-24-12-4-2-5-13-24)40-21-19-26(25-14-6-3-7-15-25)23-30(36(40)46)39-32(42)29(37)18-10-11-20-41-34(44)27-16-8-9-17-28(27)35(41)45/h3-10,13-15,17-18,20-23,32-33,37-39H,11-12,16,19,24-29H2,1-2H3,(H,45,49)(H,46,50);2-9,12-14,16-17,25-26,29-31H,10-11,15,18-23H2,1H3,(H,38,43)(H,39,42)/t32?,33-,37+,38+,39?;25?,26-,29?,30+,31+/m11/s1. The Balaban J connectivity index is 0.000000221. The number of ether oxygens (including phenoxy) is 1. The number of methoxy groups -OCH3 is 1. The number of fused-ring (bicyclic) bond motifs is 2. The molecule has 530 valence electrons. The lowest BCUT2D eigenvalue weighted by Crippen LogP contribution is -2.56. The molecule has 2 saturated heterocycles. The molecule has 4 heterocycles. The summed E-state index contributed by atoms with van der Waals surface area (Å²) in [5.74, 6) is -0.643. The predicted molar refractivity (Wildman–Crippen MR) is 394 cm³/mol. The van der Waals surface area contributed by atoms with Gasteiger partial charge in [-0.1, -0.05) is 174 Å². The fraction of sp³-hybridized carbons (Fsp3) is 0.400. The van der Waals surface area contributed by atoms with E-state index in [1.165, 1.54) is 21.6 Å². The highest BCUT2D eigenvalue weighted by molar-refractivity contribution is 9.10. The van der Waals surface area contributed by atoms with Gasteiger partial charge in [-0.05, 0) is 141 Å². The predicted octanol–water partition coefficient (Wildman–Crippen LogP) is 10.4. The first-order chi connectivity index (χ1) is 49.0. The number of unbranched alkanes of at least 4 members (excludes halogenated alkanes) is 2. The normalized spacial score (nSPS) is 21.3. The molecule has 0 bridgehead atoms. The lowest BCUT2D eigenvalue weighted by atomic mass is 9.81. The van der Waals surface area contributed by atoms with E-state index in [1.807, 2.05) is 109 Å². The average molecular weight is 1450 g/mol. The molecule has 4 unspecified atom stereocenters. The van der Waals surface area contributed by atoms with Crippen LogP contribution in [0, 0.1) is 23.7 Å². The number of alkyl halides is 1. The van der Waals surface area contributed by atoms with Gasteiger partial charge in [0.15, 0.2) is 0 Å². The minimum atomic E-state index is -0.815. The van der Waals surface area contributed by atoms with Crippen LogP contribution in [-0.2, 0) is 47.4 Å². The number of amides is 10. The molecule has 5 aromatic rings. The highest BCUT2D eigenvalue weighted by Gasteiger charge is 2.43. The first-order valence-corrected chi connectivity index (χ1v) is 37.2. The maximum absolute atomic E-state index is 14.6. The summed E-state index contributed by atoms with van der Waals surface area (Å²) in [5, 5.41) is 11.2. The van der Waals surface area contributed by atoms with Gasteiger partial charge in [-0.15, -0.1) is 11.8 Å². The van der Waals surface area contributed by atoms with Crippen LogP contribution < -0.4 is 26.0 Å². The van der Waals surface area contributed by atoms with Gasteiger partial charge in [0.25, 0.3) is 23.6 Å². The van der Waals surface area contributed by atoms with E-state index in [9.17, 15) is 47.9 Å². The van der Waals surface area contributed by atoms with Crippen molar-refractivity contribution in [3.8, 4) is 5.75 Å². The van der Waals surface area contributed by atoms with E-state index < -0.39 is 34.2 Å². The summed E-state index contributed by atoms with van der Waals surface area (Å²) in [6.45, 7) is 1.36. The zero-order valence-electron chi connectivity index (χ0n) is 57.6. The van der Waals surface area contributed by atoms with Crippen molar-refractivity contribution in [1.29, 1.82) is 0 Å². The van der Waals surface area contributed by atoms with Gasteiger partial charge in [-0.3, -0.25) is 57.7 Å².